The first kappa shape index (κ1) is 28.4. The van der Waals surface area contributed by atoms with Gasteiger partial charge in [0.2, 0.25) is 5.13 Å². The number of aromatic nitrogens is 2. The average molecular weight is 679 g/mol. The van der Waals surface area contributed by atoms with Gasteiger partial charge in [0.1, 0.15) is 5.76 Å². The van der Waals surface area contributed by atoms with Crippen molar-refractivity contribution in [2.75, 3.05) is 12.0 Å². The summed E-state index contributed by atoms with van der Waals surface area (Å²) in [5, 5.41) is 31.3. The number of benzene rings is 3. The number of carbonyl (C=O) groups is 2. The van der Waals surface area contributed by atoms with Crippen molar-refractivity contribution in [1.82, 2.24) is 10.2 Å². The lowest BCUT2D eigenvalue weighted by Gasteiger charge is -2.23. The van der Waals surface area contributed by atoms with Gasteiger partial charge < -0.3 is 14.9 Å². The predicted octanol–water partition coefficient (Wildman–Crippen LogP) is 7.24. The van der Waals surface area contributed by atoms with Crippen LogP contribution in [-0.2, 0) is 15.3 Å². The highest BCUT2D eigenvalue weighted by Crippen LogP contribution is 2.47. The molecule has 1 amide bonds. The van der Waals surface area contributed by atoms with Crippen molar-refractivity contribution >= 4 is 84.8 Å². The number of nitrogens with zero attached hydrogens (tertiary/aromatic N) is 3. The molecule has 0 spiro atoms. The Morgan fingerprint density at radius 1 is 1.07 bits per heavy atom. The van der Waals surface area contributed by atoms with Gasteiger partial charge in [0.05, 0.1) is 23.2 Å². The Morgan fingerprint density at radius 3 is 2.38 bits per heavy atom. The number of ketones is 1. The Kier molecular flexibility index (Phi) is 8.39. The van der Waals surface area contributed by atoms with E-state index in [1.165, 1.54) is 29.8 Å². The van der Waals surface area contributed by atoms with E-state index in [2.05, 4.69) is 26.1 Å². The minimum absolute atomic E-state index is 0.109. The number of halogens is 3. The third-order valence-corrected chi connectivity index (χ3v) is 9.26. The van der Waals surface area contributed by atoms with Crippen LogP contribution in [-0.4, -0.2) is 39.2 Å². The van der Waals surface area contributed by atoms with E-state index in [1.54, 1.807) is 42.5 Å². The minimum Gasteiger partial charge on any atom is -0.507 e. The Morgan fingerprint density at radius 2 is 1.73 bits per heavy atom. The number of thioether (sulfide) groups is 1. The number of ether oxygens (including phenoxy) is 1. The van der Waals surface area contributed by atoms with Crippen LogP contribution in [0.4, 0.5) is 5.13 Å². The van der Waals surface area contributed by atoms with Crippen molar-refractivity contribution in [2.24, 2.45) is 0 Å². The van der Waals surface area contributed by atoms with E-state index < -0.39 is 17.7 Å². The SMILES string of the molecule is COc1cc(C2/C(=C(/O)c3ccc(Cl)cc3)C(=O)C(=O)N2c2nnc(SCc3ccc(Cl)cc3)s2)cc(Br)c1O. The number of phenolic OH excluding ortho intramolecular Hbond substituents is 1. The quantitative estimate of drug-likeness (QED) is 0.0692. The lowest BCUT2D eigenvalue weighted by molar-refractivity contribution is -0.132. The third-order valence-electron chi connectivity index (χ3n) is 6.03. The van der Waals surface area contributed by atoms with Crippen LogP contribution in [0.15, 0.2) is 75.0 Å². The smallest absolute Gasteiger partial charge is 0.301 e. The van der Waals surface area contributed by atoms with Crippen molar-refractivity contribution in [2.45, 2.75) is 16.1 Å². The van der Waals surface area contributed by atoms with Crippen LogP contribution in [0.25, 0.3) is 5.76 Å². The first-order valence-corrected chi connectivity index (χ1v) is 14.9. The van der Waals surface area contributed by atoms with E-state index >= 15 is 0 Å². The van der Waals surface area contributed by atoms with Crippen LogP contribution >= 0.6 is 62.2 Å². The number of Topliss-reactive ketones (excluding diaryl/α,β-unsaturated/α-hetero) is 1. The van der Waals surface area contributed by atoms with Crippen molar-refractivity contribution in [3.8, 4) is 11.5 Å². The zero-order valence-corrected chi connectivity index (χ0v) is 25.2. The van der Waals surface area contributed by atoms with Gasteiger partial charge in [0, 0.05) is 21.4 Å². The Bertz CT molecular complexity index is 1650. The Labute approximate surface area is 255 Å². The molecule has 0 saturated carbocycles. The Hall–Kier alpha value is -3.09. The second-order valence-corrected chi connectivity index (χ2v) is 12.4. The first-order chi connectivity index (χ1) is 19.2. The maximum absolute atomic E-state index is 13.5. The van der Waals surface area contributed by atoms with Gasteiger partial charge in [0.15, 0.2) is 15.8 Å². The summed E-state index contributed by atoms with van der Waals surface area (Å²) < 4.78 is 6.15. The fourth-order valence-electron chi connectivity index (χ4n) is 4.10. The van der Waals surface area contributed by atoms with Crippen molar-refractivity contribution < 1.29 is 24.5 Å². The minimum atomic E-state index is -1.09. The molecule has 2 N–H and O–H groups in total. The number of methoxy groups -OCH3 is 1. The highest BCUT2D eigenvalue weighted by molar-refractivity contribution is 9.10. The zero-order valence-electron chi connectivity index (χ0n) is 20.5. The van der Waals surface area contributed by atoms with Gasteiger partial charge in [-0.1, -0.05) is 58.4 Å². The molecule has 1 aliphatic heterocycles. The molecule has 204 valence electrons. The number of rotatable bonds is 7. The normalized spacial score (nSPS) is 16.5. The molecule has 0 radical (unpaired) electrons. The van der Waals surface area contributed by atoms with Crippen molar-refractivity contribution in [3.05, 3.63) is 97.4 Å². The van der Waals surface area contributed by atoms with E-state index in [0.717, 1.165) is 16.9 Å². The van der Waals surface area contributed by atoms with Crippen LogP contribution in [0.3, 0.4) is 0 Å². The standard InChI is InChI=1S/C27H18BrCl2N3O5S2/c1-38-19-11-15(10-18(28)23(19)35)21-20(22(34)14-4-8-17(30)9-5-14)24(36)25(37)33(21)26-31-32-27(40-26)39-12-13-2-6-16(29)7-3-13/h2-11,21,34-35H,12H2,1H3/b22-20-. The molecule has 8 nitrogen and oxygen atoms in total. The summed E-state index contributed by atoms with van der Waals surface area (Å²) >= 11 is 17.8. The number of carbonyl (C=O) groups excluding carboxylic acids is 2. The largest absolute Gasteiger partial charge is 0.507 e. The van der Waals surface area contributed by atoms with Crippen LogP contribution in [0.1, 0.15) is 22.7 Å². The van der Waals surface area contributed by atoms with E-state index in [-0.39, 0.29) is 32.4 Å². The van der Waals surface area contributed by atoms with Crippen LogP contribution in [0, 0.1) is 0 Å². The summed E-state index contributed by atoms with van der Waals surface area (Å²) in [6.07, 6.45) is 0. The number of anilines is 1. The summed E-state index contributed by atoms with van der Waals surface area (Å²) in [5.41, 5.74) is 1.56. The van der Waals surface area contributed by atoms with Crippen LogP contribution in [0.2, 0.25) is 10.0 Å². The lowest BCUT2D eigenvalue weighted by Crippen LogP contribution is -2.29. The monoisotopic (exact) mass is 677 g/mol. The molecule has 3 aromatic carbocycles. The van der Waals surface area contributed by atoms with Crippen molar-refractivity contribution in [3.63, 3.8) is 0 Å². The molecule has 1 unspecified atom stereocenters. The molecule has 40 heavy (non-hydrogen) atoms. The zero-order chi connectivity index (χ0) is 28.6. The second-order valence-electron chi connectivity index (χ2n) is 8.50. The number of aliphatic hydroxyl groups is 1. The maximum atomic E-state index is 13.5. The summed E-state index contributed by atoms with van der Waals surface area (Å²) in [4.78, 5) is 28.1. The van der Waals surface area contributed by atoms with Gasteiger partial charge in [-0.2, -0.15) is 0 Å². The van der Waals surface area contributed by atoms with E-state index in [9.17, 15) is 19.8 Å². The van der Waals surface area contributed by atoms with E-state index in [4.69, 9.17) is 27.9 Å². The summed E-state index contributed by atoms with van der Waals surface area (Å²) in [7, 11) is 1.38. The average Bonchev–Trinajstić information content (AvgIpc) is 3.51. The molecule has 1 atom stereocenters. The molecule has 0 aliphatic carbocycles. The molecule has 5 rings (SSSR count). The number of phenols is 1. The number of amides is 1. The van der Waals surface area contributed by atoms with Crippen LogP contribution < -0.4 is 9.64 Å². The van der Waals surface area contributed by atoms with Gasteiger partial charge in [-0.15, -0.1) is 10.2 Å². The molecule has 1 saturated heterocycles. The van der Waals surface area contributed by atoms with E-state index in [1.807, 2.05) is 12.1 Å². The predicted molar refractivity (Wildman–Crippen MR) is 160 cm³/mol. The third kappa shape index (κ3) is 5.57. The van der Waals surface area contributed by atoms with Gasteiger partial charge in [0.25, 0.3) is 5.78 Å². The highest BCUT2D eigenvalue weighted by Gasteiger charge is 2.48. The maximum Gasteiger partial charge on any atom is 0.301 e. The molecule has 2 heterocycles. The van der Waals surface area contributed by atoms with Gasteiger partial charge in [-0.25, -0.2) is 0 Å². The molecule has 13 heteroatoms. The molecule has 1 fully saturated rings. The molecule has 0 bridgehead atoms. The lowest BCUT2D eigenvalue weighted by atomic mass is 9.95. The highest BCUT2D eigenvalue weighted by atomic mass is 79.9. The summed E-state index contributed by atoms with van der Waals surface area (Å²) in [6.45, 7) is 0. The first-order valence-electron chi connectivity index (χ1n) is 11.5. The summed E-state index contributed by atoms with van der Waals surface area (Å²) in [5.74, 6) is -1.62. The second kappa shape index (κ2) is 11.8. The fourth-order valence-corrected chi connectivity index (χ4v) is 6.63. The molecular weight excluding hydrogens is 661 g/mol. The number of aliphatic hydroxyl groups excluding tert-OH is 1. The summed E-state index contributed by atoms with van der Waals surface area (Å²) in [6, 6.07) is 15.6. The molecular formula is C27H18BrCl2N3O5S2. The fraction of sp³-hybridized carbons (Fsp3) is 0.111. The Balaban J connectivity index is 1.59. The van der Waals surface area contributed by atoms with Gasteiger partial charge in [-0.05, 0) is 75.6 Å². The molecule has 4 aromatic rings. The molecule has 1 aromatic heterocycles. The number of hydrogen-bond donors (Lipinski definition) is 2. The van der Waals surface area contributed by atoms with Crippen molar-refractivity contribution in [1.29, 1.82) is 0 Å². The number of hydrogen-bond acceptors (Lipinski definition) is 9. The van der Waals surface area contributed by atoms with Gasteiger partial charge in [-0.3, -0.25) is 14.5 Å². The topological polar surface area (TPSA) is 113 Å². The van der Waals surface area contributed by atoms with E-state index in [0.29, 0.717) is 31.3 Å². The van der Waals surface area contributed by atoms with Crippen LogP contribution in [0.5, 0.6) is 11.5 Å². The molecule has 1 aliphatic rings. The number of aromatic hydroxyl groups is 1. The van der Waals surface area contributed by atoms with Gasteiger partial charge >= 0.3 is 5.91 Å².